The zero-order valence-electron chi connectivity index (χ0n) is 18.0. The summed E-state index contributed by atoms with van der Waals surface area (Å²) in [7, 11) is 0. The van der Waals surface area contributed by atoms with Crippen LogP contribution in [0.25, 0.3) is 0 Å². The molecule has 0 aliphatic carbocycles. The summed E-state index contributed by atoms with van der Waals surface area (Å²) in [6, 6.07) is 10.8. The molecule has 0 N–H and O–H groups in total. The Hall–Kier alpha value is -1.68. The third-order valence-corrected chi connectivity index (χ3v) is 6.80. The summed E-state index contributed by atoms with van der Waals surface area (Å²) in [5, 5.41) is 0. The lowest BCUT2D eigenvalue weighted by atomic mass is 9.90. The summed E-state index contributed by atoms with van der Waals surface area (Å²) in [4.78, 5) is 9.41. The second-order valence-corrected chi connectivity index (χ2v) is 9.36. The van der Waals surface area contributed by atoms with Crippen molar-refractivity contribution in [1.29, 1.82) is 0 Å². The molecule has 158 valence electrons. The van der Waals surface area contributed by atoms with Crippen LogP contribution < -0.4 is 0 Å². The first kappa shape index (κ1) is 20.6. The Morgan fingerprint density at radius 2 is 1.93 bits per heavy atom. The number of aryl methyl sites for hydroxylation is 1. The molecule has 0 radical (unpaired) electrons. The van der Waals surface area contributed by atoms with E-state index in [1.165, 1.54) is 43.2 Å². The predicted octanol–water partition coefficient (Wildman–Crippen LogP) is 5.23. The minimum absolute atomic E-state index is 0.420. The van der Waals surface area contributed by atoms with Crippen molar-refractivity contribution in [1.82, 2.24) is 9.80 Å². The number of amidine groups is 1. The summed E-state index contributed by atoms with van der Waals surface area (Å²) >= 11 is 0. The van der Waals surface area contributed by atoms with Crippen molar-refractivity contribution in [2.45, 2.75) is 64.1 Å². The van der Waals surface area contributed by atoms with Gasteiger partial charge in [0.25, 0.3) is 0 Å². The van der Waals surface area contributed by atoms with Crippen molar-refractivity contribution in [2.24, 2.45) is 10.9 Å². The van der Waals surface area contributed by atoms with Gasteiger partial charge in [-0.25, -0.2) is 9.38 Å². The van der Waals surface area contributed by atoms with Crippen LogP contribution in [-0.4, -0.2) is 54.2 Å². The number of benzene rings is 1. The van der Waals surface area contributed by atoms with Crippen LogP contribution in [0, 0.1) is 5.92 Å². The molecule has 3 aliphatic rings. The first-order valence-electron chi connectivity index (χ1n) is 11.5. The summed E-state index contributed by atoms with van der Waals surface area (Å²) in [6.45, 7) is 6.64. The molecule has 3 heterocycles. The molecule has 29 heavy (non-hydrogen) atoms. The van der Waals surface area contributed by atoms with Crippen LogP contribution in [0.2, 0.25) is 0 Å². The van der Waals surface area contributed by atoms with Crippen molar-refractivity contribution < 1.29 is 4.39 Å². The average molecular weight is 398 g/mol. The van der Waals surface area contributed by atoms with Crippen LogP contribution in [0.1, 0.15) is 57.4 Å². The molecular weight excluding hydrogens is 361 g/mol. The zero-order valence-corrected chi connectivity index (χ0v) is 18.0. The van der Waals surface area contributed by atoms with Gasteiger partial charge in [0.2, 0.25) is 5.79 Å². The van der Waals surface area contributed by atoms with Crippen molar-refractivity contribution in [3.05, 3.63) is 47.5 Å². The minimum Gasteiger partial charge on any atom is -0.355 e. The van der Waals surface area contributed by atoms with E-state index in [9.17, 15) is 4.39 Å². The molecule has 1 aromatic carbocycles. The Kier molecular flexibility index (Phi) is 6.69. The van der Waals surface area contributed by atoms with Gasteiger partial charge in [0.15, 0.2) is 0 Å². The van der Waals surface area contributed by atoms with Crippen molar-refractivity contribution in [3.63, 3.8) is 0 Å². The Labute approximate surface area is 175 Å². The van der Waals surface area contributed by atoms with Gasteiger partial charge in [-0.3, -0.25) is 4.90 Å². The Bertz CT molecular complexity index is 717. The number of aliphatic imine (C=N–C) groups is 1. The monoisotopic (exact) mass is 397 g/mol. The van der Waals surface area contributed by atoms with E-state index < -0.39 is 5.79 Å². The fourth-order valence-electron chi connectivity index (χ4n) is 5.01. The molecule has 0 spiro atoms. The van der Waals surface area contributed by atoms with Gasteiger partial charge in [0, 0.05) is 19.5 Å². The highest BCUT2D eigenvalue weighted by molar-refractivity contribution is 5.85. The van der Waals surface area contributed by atoms with Gasteiger partial charge in [-0.15, -0.1) is 0 Å². The molecule has 2 saturated heterocycles. The van der Waals surface area contributed by atoms with Crippen LogP contribution in [-0.2, 0) is 6.42 Å². The zero-order chi connectivity index (χ0) is 20.1. The second kappa shape index (κ2) is 9.42. The normalized spacial score (nSPS) is 30.1. The van der Waals surface area contributed by atoms with Crippen molar-refractivity contribution in [2.75, 3.05) is 32.7 Å². The number of piperidine rings is 2. The molecule has 1 atom stereocenters. The van der Waals surface area contributed by atoms with E-state index in [0.717, 1.165) is 57.3 Å². The molecule has 4 rings (SSSR count). The van der Waals surface area contributed by atoms with E-state index in [2.05, 4.69) is 51.2 Å². The Morgan fingerprint density at radius 1 is 1.14 bits per heavy atom. The number of hydrogen-bond donors (Lipinski definition) is 0. The summed E-state index contributed by atoms with van der Waals surface area (Å²) in [5.41, 5.74) is 2.85. The molecular formula is C25H36FN3. The van der Waals surface area contributed by atoms with Crippen LogP contribution in [0.15, 0.2) is 47.0 Å². The van der Waals surface area contributed by atoms with Crippen molar-refractivity contribution in [3.8, 4) is 0 Å². The smallest absolute Gasteiger partial charge is 0.202 e. The van der Waals surface area contributed by atoms with Crippen LogP contribution in [0.3, 0.4) is 0 Å². The van der Waals surface area contributed by atoms with Gasteiger partial charge >= 0.3 is 0 Å². The Morgan fingerprint density at radius 3 is 2.72 bits per heavy atom. The maximum absolute atomic E-state index is 14.9. The molecule has 4 heteroatoms. The van der Waals surface area contributed by atoms with Gasteiger partial charge in [0.1, 0.15) is 5.84 Å². The largest absolute Gasteiger partial charge is 0.355 e. The molecule has 3 nitrogen and oxygen atoms in total. The highest BCUT2D eigenvalue weighted by Crippen LogP contribution is 2.28. The van der Waals surface area contributed by atoms with Gasteiger partial charge in [-0.2, -0.15) is 0 Å². The molecule has 1 aromatic rings. The van der Waals surface area contributed by atoms with Crippen LogP contribution >= 0.6 is 0 Å². The third kappa shape index (κ3) is 5.91. The summed E-state index contributed by atoms with van der Waals surface area (Å²) < 4.78 is 14.9. The Balaban J connectivity index is 1.26. The predicted molar refractivity (Wildman–Crippen MR) is 119 cm³/mol. The number of nitrogens with zero attached hydrogens (tertiary/aromatic N) is 3. The SMILES string of the molecule is CC1(F)C/C=C2/CCCN(C2)/C(CN2CCC(CCCc3ccccc3)CC2)=N\1. The van der Waals surface area contributed by atoms with E-state index in [1.54, 1.807) is 6.92 Å². The standard InChI is InChI=1S/C25H36FN3/c1-25(26)15-12-23-11-6-16-29(19-23)24(27-25)20-28-17-13-22(14-18-28)10-5-9-21-7-3-2-4-8-21/h2-4,7-8,12,22H,5-6,9-11,13-20H2,1H3/b23-12-,27-24-. The second-order valence-electron chi connectivity index (χ2n) is 9.36. The van der Waals surface area contributed by atoms with Gasteiger partial charge < -0.3 is 4.90 Å². The van der Waals surface area contributed by atoms with Gasteiger partial charge in [0.05, 0.1) is 6.54 Å². The number of likely N-dealkylation sites (tertiary alicyclic amines) is 1. The van der Waals surface area contributed by atoms with Crippen molar-refractivity contribution >= 4 is 5.84 Å². The van der Waals surface area contributed by atoms with Crippen LogP contribution in [0.4, 0.5) is 4.39 Å². The lowest BCUT2D eigenvalue weighted by molar-refractivity contribution is 0.179. The highest BCUT2D eigenvalue weighted by atomic mass is 19.1. The maximum atomic E-state index is 14.9. The maximum Gasteiger partial charge on any atom is 0.202 e. The number of fused-ring (bicyclic) bond motifs is 2. The molecule has 3 aliphatic heterocycles. The quantitative estimate of drug-likeness (QED) is 0.483. The first-order chi connectivity index (χ1) is 14.1. The molecule has 2 fully saturated rings. The van der Waals surface area contributed by atoms with Gasteiger partial charge in [-0.05, 0) is 70.0 Å². The fraction of sp³-hybridized carbons (Fsp3) is 0.640. The number of alkyl halides is 1. The first-order valence-corrected chi connectivity index (χ1v) is 11.5. The van der Waals surface area contributed by atoms with Crippen LogP contribution in [0.5, 0.6) is 0 Å². The number of hydrogen-bond acceptors (Lipinski definition) is 3. The van der Waals surface area contributed by atoms with Gasteiger partial charge in [-0.1, -0.05) is 48.4 Å². The third-order valence-electron chi connectivity index (χ3n) is 6.80. The lowest BCUT2D eigenvalue weighted by Gasteiger charge is -2.38. The van der Waals surface area contributed by atoms with E-state index in [1.807, 2.05) is 0 Å². The van der Waals surface area contributed by atoms with E-state index in [0.29, 0.717) is 6.42 Å². The fourth-order valence-corrected chi connectivity index (χ4v) is 5.01. The molecule has 2 bridgehead atoms. The van der Waals surface area contributed by atoms with E-state index >= 15 is 0 Å². The van der Waals surface area contributed by atoms with E-state index in [4.69, 9.17) is 0 Å². The lowest BCUT2D eigenvalue weighted by Crippen LogP contribution is -2.47. The average Bonchev–Trinajstić information content (AvgIpc) is 2.73. The molecule has 0 aromatic heterocycles. The molecule has 1 unspecified atom stereocenters. The molecule has 0 amide bonds. The summed E-state index contributed by atoms with van der Waals surface area (Å²) in [6.07, 6.45) is 11.1. The molecule has 0 saturated carbocycles. The summed E-state index contributed by atoms with van der Waals surface area (Å²) in [5.74, 6) is 0.347. The topological polar surface area (TPSA) is 18.8 Å². The number of rotatable bonds is 6. The highest BCUT2D eigenvalue weighted by Gasteiger charge is 2.30. The van der Waals surface area contributed by atoms with E-state index in [-0.39, 0.29) is 0 Å². The number of halogens is 1. The minimum atomic E-state index is -1.47.